The van der Waals surface area contributed by atoms with Crippen LogP contribution in [0.2, 0.25) is 0 Å². The molecule has 8 heteroatoms. The number of halogens is 2. The maximum absolute atomic E-state index is 12.4. The lowest BCUT2D eigenvalue weighted by Gasteiger charge is -2.36. The van der Waals surface area contributed by atoms with Crippen LogP contribution in [0.25, 0.3) is 0 Å². The summed E-state index contributed by atoms with van der Waals surface area (Å²) >= 11 is 0. The maximum Gasteiger partial charge on any atom is 0.251 e. The van der Waals surface area contributed by atoms with Gasteiger partial charge in [-0.3, -0.25) is 9.59 Å². The van der Waals surface area contributed by atoms with Crippen LogP contribution in [0.15, 0.2) is 48.5 Å². The van der Waals surface area contributed by atoms with Crippen molar-refractivity contribution in [3.8, 4) is 0 Å². The van der Waals surface area contributed by atoms with E-state index < -0.39 is 0 Å². The summed E-state index contributed by atoms with van der Waals surface area (Å²) in [5, 5.41) is 2.88. The van der Waals surface area contributed by atoms with Gasteiger partial charge in [-0.15, -0.1) is 24.8 Å². The van der Waals surface area contributed by atoms with Crippen molar-refractivity contribution in [2.24, 2.45) is 0 Å². The third-order valence-corrected chi connectivity index (χ3v) is 5.11. The van der Waals surface area contributed by atoms with Gasteiger partial charge in [0.05, 0.1) is 0 Å². The van der Waals surface area contributed by atoms with E-state index >= 15 is 0 Å². The van der Waals surface area contributed by atoms with Crippen LogP contribution in [0, 0.1) is 6.92 Å². The number of amides is 2. The van der Waals surface area contributed by atoms with Gasteiger partial charge in [-0.05, 0) is 43.2 Å². The van der Waals surface area contributed by atoms with Gasteiger partial charge in [0.15, 0.2) is 0 Å². The molecule has 1 aliphatic rings. The Morgan fingerprint density at radius 1 is 1.00 bits per heavy atom. The van der Waals surface area contributed by atoms with Gasteiger partial charge in [-0.1, -0.05) is 24.3 Å². The Balaban J connectivity index is 0.00000225. The van der Waals surface area contributed by atoms with Crippen molar-refractivity contribution in [3.05, 3.63) is 59.7 Å². The Labute approximate surface area is 190 Å². The number of nitrogen functional groups attached to an aromatic ring is 1. The molecule has 1 aliphatic heterocycles. The molecule has 0 radical (unpaired) electrons. The summed E-state index contributed by atoms with van der Waals surface area (Å²) in [7, 11) is 0. The predicted octanol–water partition coefficient (Wildman–Crippen LogP) is 3.28. The number of benzene rings is 2. The van der Waals surface area contributed by atoms with Crippen molar-refractivity contribution < 1.29 is 9.59 Å². The van der Waals surface area contributed by atoms with Crippen LogP contribution in [0.3, 0.4) is 0 Å². The molecule has 0 spiro atoms. The summed E-state index contributed by atoms with van der Waals surface area (Å²) in [5.74, 6) is 0.0100. The number of rotatable bonds is 6. The van der Waals surface area contributed by atoms with Crippen molar-refractivity contribution in [2.45, 2.75) is 19.8 Å². The second-order valence-corrected chi connectivity index (χ2v) is 7.14. The zero-order valence-electron chi connectivity index (χ0n) is 17.2. The first kappa shape index (κ1) is 25.6. The Bertz CT molecular complexity index is 825. The van der Waals surface area contributed by atoms with Gasteiger partial charge in [0.2, 0.25) is 5.91 Å². The molecule has 3 rings (SSSR count). The highest BCUT2D eigenvalue weighted by atomic mass is 35.5. The number of nitrogens with two attached hydrogens (primary N) is 1. The van der Waals surface area contributed by atoms with Crippen LogP contribution in [0.1, 0.15) is 28.8 Å². The summed E-state index contributed by atoms with van der Waals surface area (Å²) in [4.78, 5) is 28.9. The van der Waals surface area contributed by atoms with Crippen LogP contribution in [-0.4, -0.2) is 49.4 Å². The SMILES string of the molecule is Cc1ccc(N)cc1C(=O)NCCCC(=O)N1CCN(c2ccccc2)CC1.Cl.Cl. The Morgan fingerprint density at radius 3 is 2.33 bits per heavy atom. The number of piperazine rings is 1. The van der Waals surface area contributed by atoms with E-state index in [0.29, 0.717) is 30.6 Å². The molecule has 2 amide bonds. The first-order valence-corrected chi connectivity index (χ1v) is 9.76. The minimum Gasteiger partial charge on any atom is -0.399 e. The fraction of sp³-hybridized carbons (Fsp3) is 0.364. The molecule has 1 fully saturated rings. The standard InChI is InChI=1S/C22H28N4O2.2ClH/c1-17-9-10-18(23)16-20(17)22(28)24-11-5-8-21(27)26-14-12-25(13-15-26)19-6-3-2-4-7-19;;/h2-4,6-7,9-10,16H,5,8,11-15,23H2,1H3,(H,24,28);2*1H. The largest absolute Gasteiger partial charge is 0.399 e. The lowest BCUT2D eigenvalue weighted by molar-refractivity contribution is -0.131. The molecule has 2 aromatic carbocycles. The molecular weight excluding hydrogens is 423 g/mol. The highest BCUT2D eigenvalue weighted by Crippen LogP contribution is 2.16. The summed E-state index contributed by atoms with van der Waals surface area (Å²) in [6, 6.07) is 15.6. The van der Waals surface area contributed by atoms with Gasteiger partial charge in [-0.2, -0.15) is 0 Å². The van der Waals surface area contributed by atoms with Crippen molar-refractivity contribution in [1.82, 2.24) is 10.2 Å². The number of carbonyl (C=O) groups is 2. The van der Waals surface area contributed by atoms with Crippen LogP contribution >= 0.6 is 24.8 Å². The number of hydrogen-bond acceptors (Lipinski definition) is 4. The number of para-hydroxylation sites is 1. The van der Waals surface area contributed by atoms with Gasteiger partial charge in [-0.25, -0.2) is 0 Å². The normalized spacial score (nSPS) is 13.1. The van der Waals surface area contributed by atoms with Gasteiger partial charge < -0.3 is 20.9 Å². The number of nitrogens with zero attached hydrogens (tertiary/aromatic N) is 2. The topological polar surface area (TPSA) is 78.7 Å². The first-order valence-electron chi connectivity index (χ1n) is 9.76. The molecule has 0 aromatic heterocycles. The Morgan fingerprint density at radius 2 is 1.67 bits per heavy atom. The summed E-state index contributed by atoms with van der Waals surface area (Å²) < 4.78 is 0. The molecule has 1 heterocycles. The van der Waals surface area contributed by atoms with E-state index in [9.17, 15) is 9.59 Å². The zero-order chi connectivity index (χ0) is 19.9. The van der Waals surface area contributed by atoms with Gasteiger partial charge in [0.25, 0.3) is 5.91 Å². The molecule has 164 valence electrons. The van der Waals surface area contributed by atoms with Crippen LogP contribution in [0.5, 0.6) is 0 Å². The number of hydrogen-bond donors (Lipinski definition) is 2. The lowest BCUT2D eigenvalue weighted by Crippen LogP contribution is -2.48. The van der Waals surface area contributed by atoms with E-state index in [2.05, 4.69) is 22.3 Å². The molecule has 0 unspecified atom stereocenters. The van der Waals surface area contributed by atoms with Crippen LogP contribution in [-0.2, 0) is 4.79 Å². The average molecular weight is 453 g/mol. The zero-order valence-corrected chi connectivity index (χ0v) is 18.8. The van der Waals surface area contributed by atoms with E-state index in [1.54, 1.807) is 12.1 Å². The number of carbonyl (C=O) groups excluding carboxylic acids is 2. The monoisotopic (exact) mass is 452 g/mol. The minimum atomic E-state index is -0.145. The van der Waals surface area contributed by atoms with Crippen LogP contribution in [0.4, 0.5) is 11.4 Å². The second-order valence-electron chi connectivity index (χ2n) is 7.14. The molecule has 2 aromatic rings. The van der Waals surface area contributed by atoms with Gasteiger partial charge >= 0.3 is 0 Å². The fourth-order valence-electron chi connectivity index (χ4n) is 3.43. The Hall–Kier alpha value is -2.44. The minimum absolute atomic E-state index is 0. The quantitative estimate of drug-likeness (QED) is 0.520. The van der Waals surface area contributed by atoms with Crippen LogP contribution < -0.4 is 16.0 Å². The molecule has 0 atom stereocenters. The highest BCUT2D eigenvalue weighted by molar-refractivity contribution is 5.96. The number of nitrogens with one attached hydrogen (secondary N) is 1. The van der Waals surface area contributed by atoms with Crippen molar-refractivity contribution in [2.75, 3.05) is 43.4 Å². The molecule has 1 saturated heterocycles. The van der Waals surface area contributed by atoms with E-state index in [1.807, 2.05) is 36.1 Å². The molecule has 30 heavy (non-hydrogen) atoms. The lowest BCUT2D eigenvalue weighted by atomic mass is 10.1. The van der Waals surface area contributed by atoms with Gasteiger partial charge in [0, 0.05) is 56.1 Å². The molecule has 0 saturated carbocycles. The van der Waals surface area contributed by atoms with Crippen molar-refractivity contribution in [3.63, 3.8) is 0 Å². The smallest absolute Gasteiger partial charge is 0.251 e. The predicted molar refractivity (Wildman–Crippen MR) is 127 cm³/mol. The Kier molecular flexibility index (Phi) is 10.5. The molecule has 0 bridgehead atoms. The molecule has 3 N–H and O–H groups in total. The molecular formula is C22H30Cl2N4O2. The second kappa shape index (κ2) is 12.3. The van der Waals surface area contributed by atoms with E-state index in [4.69, 9.17) is 5.73 Å². The van der Waals surface area contributed by atoms with Gasteiger partial charge in [0.1, 0.15) is 0 Å². The van der Waals surface area contributed by atoms with E-state index in [1.165, 1.54) is 5.69 Å². The van der Waals surface area contributed by atoms with Crippen molar-refractivity contribution >= 4 is 48.0 Å². The molecule has 0 aliphatic carbocycles. The fourth-order valence-corrected chi connectivity index (χ4v) is 3.43. The third kappa shape index (κ3) is 6.82. The average Bonchev–Trinajstić information content (AvgIpc) is 2.73. The van der Waals surface area contributed by atoms with E-state index in [-0.39, 0.29) is 36.6 Å². The molecule has 6 nitrogen and oxygen atoms in total. The summed E-state index contributed by atoms with van der Waals surface area (Å²) in [6.45, 7) is 5.53. The summed E-state index contributed by atoms with van der Waals surface area (Å²) in [6.07, 6.45) is 1.08. The first-order chi connectivity index (χ1) is 13.5. The number of aryl methyl sites for hydroxylation is 1. The summed E-state index contributed by atoms with van der Waals surface area (Å²) in [5.41, 5.74) is 9.00. The third-order valence-electron chi connectivity index (χ3n) is 5.11. The van der Waals surface area contributed by atoms with E-state index in [0.717, 1.165) is 31.7 Å². The van der Waals surface area contributed by atoms with Crippen molar-refractivity contribution in [1.29, 1.82) is 0 Å². The maximum atomic E-state index is 12.4. The highest BCUT2D eigenvalue weighted by Gasteiger charge is 2.20. The number of anilines is 2.